The van der Waals surface area contributed by atoms with E-state index in [4.69, 9.17) is 0 Å². The van der Waals surface area contributed by atoms with Crippen molar-refractivity contribution in [1.29, 1.82) is 0 Å². The smallest absolute Gasteiger partial charge is 0.387 e. The van der Waals surface area contributed by atoms with E-state index in [9.17, 15) is 18.9 Å². The summed E-state index contributed by atoms with van der Waals surface area (Å²) in [5.41, 5.74) is 1.57. The second-order valence-corrected chi connectivity index (χ2v) is 5.12. The topological polar surface area (TPSA) is 65.3 Å². The van der Waals surface area contributed by atoms with Gasteiger partial charge in [-0.25, -0.2) is 4.98 Å². The highest BCUT2D eigenvalue weighted by atomic mass is 19.3. The molecule has 126 valence electrons. The Kier molecular flexibility index (Phi) is 4.65. The SMILES string of the molecule is O=[N+]([O-])c1cccc2ccc(/C=C/c3ccc(OC(F)F)cc3)nc12. The highest BCUT2D eigenvalue weighted by molar-refractivity contribution is 5.88. The van der Waals surface area contributed by atoms with Gasteiger partial charge in [0.15, 0.2) is 0 Å². The van der Waals surface area contributed by atoms with E-state index in [2.05, 4.69) is 9.72 Å². The Balaban J connectivity index is 1.86. The Labute approximate surface area is 141 Å². The number of pyridine rings is 1. The van der Waals surface area contributed by atoms with Crippen LogP contribution in [0.4, 0.5) is 14.5 Å². The maximum atomic E-state index is 12.1. The van der Waals surface area contributed by atoms with Crippen molar-refractivity contribution in [2.24, 2.45) is 0 Å². The van der Waals surface area contributed by atoms with Gasteiger partial charge in [0.25, 0.3) is 5.69 Å². The zero-order valence-corrected chi connectivity index (χ0v) is 12.8. The lowest BCUT2D eigenvalue weighted by atomic mass is 10.1. The van der Waals surface area contributed by atoms with Gasteiger partial charge in [-0.1, -0.05) is 36.4 Å². The van der Waals surface area contributed by atoms with Crippen LogP contribution in [0.5, 0.6) is 5.75 Å². The first-order valence-corrected chi connectivity index (χ1v) is 7.30. The Morgan fingerprint density at radius 3 is 2.48 bits per heavy atom. The molecule has 0 aliphatic carbocycles. The third-order valence-corrected chi connectivity index (χ3v) is 3.47. The van der Waals surface area contributed by atoms with Crippen LogP contribution in [0.25, 0.3) is 23.1 Å². The lowest BCUT2D eigenvalue weighted by Gasteiger charge is -2.04. The standard InChI is InChI=1S/C18H12F2N2O3/c19-18(20)25-15-10-5-12(6-11-15)4-8-14-9-7-13-2-1-3-16(22(23)24)17(13)21-14/h1-11,18H/b8-4+. The fourth-order valence-corrected chi connectivity index (χ4v) is 2.33. The van der Waals surface area contributed by atoms with Crippen molar-refractivity contribution in [3.05, 3.63) is 76.0 Å². The van der Waals surface area contributed by atoms with Crippen molar-refractivity contribution in [1.82, 2.24) is 4.98 Å². The normalized spacial score (nSPS) is 11.3. The fourth-order valence-electron chi connectivity index (χ4n) is 2.33. The molecule has 0 unspecified atom stereocenters. The molecule has 0 N–H and O–H groups in total. The molecule has 3 aromatic rings. The Morgan fingerprint density at radius 1 is 1.04 bits per heavy atom. The average Bonchev–Trinajstić information content (AvgIpc) is 2.60. The maximum absolute atomic E-state index is 12.1. The third-order valence-electron chi connectivity index (χ3n) is 3.47. The van der Waals surface area contributed by atoms with E-state index in [0.29, 0.717) is 16.6 Å². The number of para-hydroxylation sites is 1. The van der Waals surface area contributed by atoms with E-state index in [-0.39, 0.29) is 11.4 Å². The van der Waals surface area contributed by atoms with Gasteiger partial charge in [0.05, 0.1) is 10.6 Å². The van der Waals surface area contributed by atoms with Gasteiger partial charge in [0, 0.05) is 11.5 Å². The molecular formula is C18H12F2N2O3. The number of aromatic nitrogens is 1. The lowest BCUT2D eigenvalue weighted by Crippen LogP contribution is -2.01. The van der Waals surface area contributed by atoms with E-state index in [0.717, 1.165) is 5.56 Å². The molecule has 0 bridgehead atoms. The minimum Gasteiger partial charge on any atom is -0.435 e. The van der Waals surface area contributed by atoms with Gasteiger partial charge >= 0.3 is 6.61 Å². The van der Waals surface area contributed by atoms with Gasteiger partial charge < -0.3 is 4.74 Å². The summed E-state index contributed by atoms with van der Waals surface area (Å²) in [5, 5.41) is 11.8. The summed E-state index contributed by atoms with van der Waals surface area (Å²) in [6.45, 7) is -2.86. The first-order valence-electron chi connectivity index (χ1n) is 7.30. The molecule has 0 fully saturated rings. The first-order chi connectivity index (χ1) is 12.0. The Hall–Kier alpha value is -3.35. The number of halogens is 2. The van der Waals surface area contributed by atoms with Gasteiger partial charge in [0.2, 0.25) is 0 Å². The molecule has 5 nitrogen and oxygen atoms in total. The molecule has 2 aromatic carbocycles. The molecule has 0 spiro atoms. The molecular weight excluding hydrogens is 330 g/mol. The Morgan fingerprint density at radius 2 is 1.80 bits per heavy atom. The second-order valence-electron chi connectivity index (χ2n) is 5.12. The van der Waals surface area contributed by atoms with Gasteiger partial charge in [0.1, 0.15) is 11.3 Å². The van der Waals surface area contributed by atoms with Crippen LogP contribution in [0.2, 0.25) is 0 Å². The predicted molar refractivity (Wildman–Crippen MR) is 90.4 cm³/mol. The summed E-state index contributed by atoms with van der Waals surface area (Å²) < 4.78 is 28.5. The minimum absolute atomic E-state index is 0.0544. The second kappa shape index (κ2) is 7.04. The zero-order valence-electron chi connectivity index (χ0n) is 12.8. The largest absolute Gasteiger partial charge is 0.435 e. The number of rotatable bonds is 5. The molecule has 0 atom stereocenters. The van der Waals surface area contributed by atoms with E-state index >= 15 is 0 Å². The average molecular weight is 342 g/mol. The van der Waals surface area contributed by atoms with Crippen LogP contribution < -0.4 is 4.74 Å². The van der Waals surface area contributed by atoms with Crippen molar-refractivity contribution >= 4 is 28.7 Å². The van der Waals surface area contributed by atoms with Gasteiger partial charge in [-0.2, -0.15) is 8.78 Å². The molecule has 3 rings (SSSR count). The van der Waals surface area contributed by atoms with Crippen LogP contribution in [-0.2, 0) is 0 Å². The number of nitro groups is 1. The summed E-state index contributed by atoms with van der Waals surface area (Å²) >= 11 is 0. The third kappa shape index (κ3) is 3.95. The number of nitrogens with zero attached hydrogens (tertiary/aromatic N) is 2. The van der Waals surface area contributed by atoms with E-state index in [1.807, 2.05) is 0 Å². The summed E-state index contributed by atoms with van der Waals surface area (Å²) in [7, 11) is 0. The molecule has 7 heteroatoms. The van der Waals surface area contributed by atoms with Crippen molar-refractivity contribution in [2.45, 2.75) is 6.61 Å². The van der Waals surface area contributed by atoms with Gasteiger partial charge in [-0.05, 0) is 29.8 Å². The summed E-state index contributed by atoms with van der Waals surface area (Å²) in [6, 6.07) is 14.4. The van der Waals surface area contributed by atoms with Crippen LogP contribution in [-0.4, -0.2) is 16.5 Å². The molecule has 25 heavy (non-hydrogen) atoms. The number of hydrogen-bond donors (Lipinski definition) is 0. The van der Waals surface area contributed by atoms with E-state index in [1.165, 1.54) is 18.2 Å². The molecule has 0 radical (unpaired) electrons. The van der Waals surface area contributed by atoms with Crippen LogP contribution in [0, 0.1) is 10.1 Å². The van der Waals surface area contributed by atoms with Crippen molar-refractivity contribution < 1.29 is 18.4 Å². The van der Waals surface area contributed by atoms with Crippen LogP contribution in [0.15, 0.2) is 54.6 Å². The number of nitro benzene ring substituents is 1. The van der Waals surface area contributed by atoms with Crippen molar-refractivity contribution in [2.75, 3.05) is 0 Å². The maximum Gasteiger partial charge on any atom is 0.387 e. The summed E-state index contributed by atoms with van der Waals surface area (Å²) in [4.78, 5) is 14.9. The number of alkyl halides is 2. The number of fused-ring (bicyclic) bond motifs is 1. The molecule has 1 heterocycles. The van der Waals surface area contributed by atoms with Crippen LogP contribution in [0.1, 0.15) is 11.3 Å². The molecule has 0 aliphatic heterocycles. The summed E-state index contributed by atoms with van der Waals surface area (Å²) in [6.07, 6.45) is 3.42. The monoisotopic (exact) mass is 342 g/mol. The number of non-ortho nitro benzene ring substituents is 1. The number of benzene rings is 2. The van der Waals surface area contributed by atoms with Gasteiger partial charge in [-0.3, -0.25) is 10.1 Å². The highest BCUT2D eigenvalue weighted by Crippen LogP contribution is 2.24. The van der Waals surface area contributed by atoms with Gasteiger partial charge in [-0.15, -0.1) is 0 Å². The fraction of sp³-hybridized carbons (Fsp3) is 0.0556. The Bertz CT molecular complexity index is 941. The molecule has 0 saturated heterocycles. The predicted octanol–water partition coefficient (Wildman–Crippen LogP) is 4.91. The summed E-state index contributed by atoms with van der Waals surface area (Å²) in [5.74, 6) is 0.0756. The first kappa shape index (κ1) is 16.5. The minimum atomic E-state index is -2.86. The quantitative estimate of drug-likeness (QED) is 0.488. The zero-order chi connectivity index (χ0) is 17.8. The molecule has 0 amide bonds. The van der Waals surface area contributed by atoms with Crippen molar-refractivity contribution in [3.63, 3.8) is 0 Å². The molecule has 1 aromatic heterocycles. The van der Waals surface area contributed by atoms with Crippen molar-refractivity contribution in [3.8, 4) is 5.75 Å². The van der Waals surface area contributed by atoms with Crippen LogP contribution >= 0.6 is 0 Å². The van der Waals surface area contributed by atoms with E-state index in [1.54, 1.807) is 48.6 Å². The molecule has 0 saturated carbocycles. The highest BCUT2D eigenvalue weighted by Gasteiger charge is 2.12. The van der Waals surface area contributed by atoms with Crippen LogP contribution in [0.3, 0.4) is 0 Å². The lowest BCUT2D eigenvalue weighted by molar-refractivity contribution is -0.383. The van der Waals surface area contributed by atoms with E-state index < -0.39 is 11.5 Å². The number of ether oxygens (including phenoxy) is 1. The molecule has 0 aliphatic rings. The number of hydrogen-bond acceptors (Lipinski definition) is 4.